The molecule has 2 N–H and O–H groups in total. The molecule has 1 saturated heterocycles. The first-order chi connectivity index (χ1) is 16.0. The Morgan fingerprint density at radius 3 is 2.29 bits per heavy atom. The number of ether oxygens (including phenoxy) is 2. The molecule has 0 spiro atoms. The zero-order valence-corrected chi connectivity index (χ0v) is 20.1. The minimum absolute atomic E-state index is 0.0275. The SMILES string of the molecule is COc1ccc(C=C(CNC(=O)OCc2ccccc2)B2OC(C)(C)C(C)(C)O2)cc1C(=O)O. The number of aromatic carboxylic acids is 1. The molecule has 0 aliphatic carbocycles. The first-order valence-electron chi connectivity index (χ1n) is 10.9. The number of carbonyl (C=O) groups is 2. The summed E-state index contributed by atoms with van der Waals surface area (Å²) in [4.78, 5) is 24.0. The number of nitrogens with one attached hydrogen (secondary N) is 1. The number of hydrogen-bond acceptors (Lipinski definition) is 6. The van der Waals surface area contributed by atoms with Crippen molar-refractivity contribution < 1.29 is 33.5 Å². The van der Waals surface area contributed by atoms with Crippen LogP contribution in [0.3, 0.4) is 0 Å². The molecule has 0 radical (unpaired) electrons. The summed E-state index contributed by atoms with van der Waals surface area (Å²) in [5.41, 5.74) is 0.936. The monoisotopic (exact) mass is 467 g/mol. The third-order valence-electron chi connectivity index (χ3n) is 6.01. The van der Waals surface area contributed by atoms with Gasteiger partial charge in [0, 0.05) is 6.54 Å². The maximum absolute atomic E-state index is 12.3. The second-order valence-electron chi connectivity index (χ2n) is 8.99. The summed E-state index contributed by atoms with van der Waals surface area (Å²) in [7, 11) is 0.674. The first-order valence-corrected chi connectivity index (χ1v) is 10.9. The Balaban J connectivity index is 1.81. The van der Waals surface area contributed by atoms with Gasteiger partial charge in [-0.05, 0) is 56.4 Å². The molecule has 1 aliphatic rings. The molecule has 1 heterocycles. The molecule has 1 aliphatic heterocycles. The second-order valence-corrected chi connectivity index (χ2v) is 8.99. The van der Waals surface area contributed by atoms with E-state index in [-0.39, 0.29) is 24.5 Å². The zero-order chi connectivity index (χ0) is 24.9. The number of rotatable bonds is 8. The van der Waals surface area contributed by atoms with Gasteiger partial charge in [-0.2, -0.15) is 0 Å². The van der Waals surface area contributed by atoms with Crippen LogP contribution < -0.4 is 10.1 Å². The van der Waals surface area contributed by atoms with Crippen LogP contribution in [0.1, 0.15) is 49.2 Å². The highest BCUT2D eigenvalue weighted by Gasteiger charge is 2.52. The molecule has 9 heteroatoms. The van der Waals surface area contributed by atoms with Gasteiger partial charge in [0.15, 0.2) is 0 Å². The van der Waals surface area contributed by atoms with Crippen LogP contribution in [0.2, 0.25) is 0 Å². The van der Waals surface area contributed by atoms with E-state index in [0.29, 0.717) is 11.0 Å². The molecule has 1 amide bonds. The van der Waals surface area contributed by atoms with E-state index in [2.05, 4.69) is 5.32 Å². The Hall–Kier alpha value is -3.30. The first kappa shape index (κ1) is 25.3. The molecule has 0 unspecified atom stereocenters. The third-order valence-corrected chi connectivity index (χ3v) is 6.01. The van der Waals surface area contributed by atoms with Gasteiger partial charge in [0.05, 0.1) is 18.3 Å². The number of alkyl carbamates (subject to hydrolysis) is 1. The van der Waals surface area contributed by atoms with Crippen molar-refractivity contribution in [3.8, 4) is 5.75 Å². The number of carboxylic acid groups (broad SMARTS) is 1. The van der Waals surface area contributed by atoms with Crippen LogP contribution in [0.15, 0.2) is 54.0 Å². The summed E-state index contributed by atoms with van der Waals surface area (Å²) < 4.78 is 22.8. The fourth-order valence-corrected chi connectivity index (χ4v) is 3.34. The standard InChI is InChI=1S/C25H30BNO7/c1-24(2)25(3,4)34-26(33-24)19(13-18-11-12-21(31-5)20(14-18)22(28)29)15-27-23(30)32-16-17-9-7-6-8-10-17/h6-14H,15-16H2,1-5H3,(H,27,30)(H,28,29). The van der Waals surface area contributed by atoms with Crippen molar-refractivity contribution >= 4 is 25.3 Å². The van der Waals surface area contributed by atoms with E-state index in [1.165, 1.54) is 13.2 Å². The summed E-state index contributed by atoms with van der Waals surface area (Å²) in [6, 6.07) is 14.2. The summed E-state index contributed by atoms with van der Waals surface area (Å²) >= 11 is 0. The van der Waals surface area contributed by atoms with Crippen molar-refractivity contribution in [2.75, 3.05) is 13.7 Å². The van der Waals surface area contributed by atoms with Crippen LogP contribution in [-0.4, -0.2) is 49.1 Å². The summed E-state index contributed by atoms with van der Waals surface area (Å²) in [6.45, 7) is 7.95. The van der Waals surface area contributed by atoms with Gasteiger partial charge in [-0.15, -0.1) is 0 Å². The normalized spacial score (nSPS) is 16.7. The molecule has 0 atom stereocenters. The summed E-state index contributed by atoms with van der Waals surface area (Å²) in [5, 5.41) is 12.2. The molecular weight excluding hydrogens is 437 g/mol. The van der Waals surface area contributed by atoms with Gasteiger partial charge in [-0.1, -0.05) is 42.5 Å². The van der Waals surface area contributed by atoms with E-state index in [0.717, 1.165) is 5.56 Å². The van der Waals surface area contributed by atoms with Crippen LogP contribution in [0.4, 0.5) is 4.79 Å². The van der Waals surface area contributed by atoms with Crippen LogP contribution >= 0.6 is 0 Å². The fourth-order valence-electron chi connectivity index (χ4n) is 3.34. The number of hydrogen-bond donors (Lipinski definition) is 2. The molecule has 1 fully saturated rings. The van der Waals surface area contributed by atoms with E-state index >= 15 is 0 Å². The molecule has 3 rings (SSSR count). The summed E-state index contributed by atoms with van der Waals surface area (Å²) in [6.07, 6.45) is 1.15. The van der Waals surface area contributed by atoms with Crippen LogP contribution in [0.5, 0.6) is 5.75 Å². The van der Waals surface area contributed by atoms with Gasteiger partial charge >= 0.3 is 19.2 Å². The number of benzene rings is 2. The quantitative estimate of drug-likeness (QED) is 0.557. The number of carbonyl (C=O) groups excluding carboxylic acids is 1. The van der Waals surface area contributed by atoms with Gasteiger partial charge in [0.2, 0.25) is 0 Å². The van der Waals surface area contributed by atoms with Crippen LogP contribution in [0.25, 0.3) is 6.08 Å². The number of methoxy groups -OCH3 is 1. The lowest BCUT2D eigenvalue weighted by molar-refractivity contribution is 0.00578. The van der Waals surface area contributed by atoms with Gasteiger partial charge < -0.3 is 29.2 Å². The van der Waals surface area contributed by atoms with Gasteiger partial charge in [0.25, 0.3) is 0 Å². The molecule has 0 bridgehead atoms. The maximum atomic E-state index is 12.3. The maximum Gasteiger partial charge on any atom is 0.492 e. The van der Waals surface area contributed by atoms with Gasteiger partial charge in [-0.3, -0.25) is 0 Å². The van der Waals surface area contributed by atoms with Crippen molar-refractivity contribution in [2.24, 2.45) is 0 Å². The average Bonchev–Trinajstić information content (AvgIpc) is 3.02. The number of carboxylic acids is 1. The molecule has 180 valence electrons. The van der Waals surface area contributed by atoms with Crippen LogP contribution in [-0.2, 0) is 20.7 Å². The smallest absolute Gasteiger partial charge is 0.492 e. The molecule has 0 aromatic heterocycles. The average molecular weight is 467 g/mol. The Morgan fingerprint density at radius 2 is 1.71 bits per heavy atom. The Kier molecular flexibility index (Phi) is 7.69. The molecule has 8 nitrogen and oxygen atoms in total. The fraction of sp³-hybridized carbons (Fsp3) is 0.360. The van der Waals surface area contributed by atoms with E-state index in [9.17, 15) is 14.7 Å². The lowest BCUT2D eigenvalue weighted by Crippen LogP contribution is -2.41. The Labute approximate surface area is 200 Å². The molecule has 0 saturated carbocycles. The van der Waals surface area contributed by atoms with Crippen molar-refractivity contribution in [1.82, 2.24) is 5.32 Å². The van der Waals surface area contributed by atoms with E-state index < -0.39 is 30.4 Å². The minimum Gasteiger partial charge on any atom is -0.496 e. The Bertz CT molecular complexity index is 1050. The highest BCUT2D eigenvalue weighted by molar-refractivity contribution is 6.56. The molecular formula is C25H30BNO7. The second kappa shape index (κ2) is 10.3. The number of amides is 1. The zero-order valence-electron chi connectivity index (χ0n) is 20.1. The van der Waals surface area contributed by atoms with Crippen molar-refractivity contribution in [3.63, 3.8) is 0 Å². The van der Waals surface area contributed by atoms with Crippen molar-refractivity contribution in [3.05, 3.63) is 70.7 Å². The summed E-state index contributed by atoms with van der Waals surface area (Å²) in [5.74, 6) is -0.851. The predicted octanol–water partition coefficient (Wildman–Crippen LogP) is 4.33. The third kappa shape index (κ3) is 5.98. The Morgan fingerprint density at radius 1 is 1.06 bits per heavy atom. The highest BCUT2D eigenvalue weighted by atomic mass is 16.7. The van der Waals surface area contributed by atoms with E-state index in [1.807, 2.05) is 58.0 Å². The largest absolute Gasteiger partial charge is 0.496 e. The van der Waals surface area contributed by atoms with Crippen molar-refractivity contribution in [1.29, 1.82) is 0 Å². The molecule has 34 heavy (non-hydrogen) atoms. The van der Waals surface area contributed by atoms with Crippen LogP contribution in [0, 0.1) is 0 Å². The predicted molar refractivity (Wildman–Crippen MR) is 129 cm³/mol. The highest BCUT2D eigenvalue weighted by Crippen LogP contribution is 2.38. The lowest BCUT2D eigenvalue weighted by Gasteiger charge is -2.32. The van der Waals surface area contributed by atoms with Gasteiger partial charge in [0.1, 0.15) is 17.9 Å². The molecule has 2 aromatic carbocycles. The van der Waals surface area contributed by atoms with Gasteiger partial charge in [-0.25, -0.2) is 9.59 Å². The lowest BCUT2D eigenvalue weighted by atomic mass is 9.77. The van der Waals surface area contributed by atoms with Crippen molar-refractivity contribution in [2.45, 2.75) is 45.5 Å². The van der Waals surface area contributed by atoms with E-state index in [1.54, 1.807) is 18.2 Å². The molecule has 2 aromatic rings. The van der Waals surface area contributed by atoms with E-state index in [4.69, 9.17) is 18.8 Å². The minimum atomic E-state index is -1.10. The topological polar surface area (TPSA) is 103 Å².